The lowest BCUT2D eigenvalue weighted by molar-refractivity contribution is -0.192. The number of amides is 1. The summed E-state index contributed by atoms with van der Waals surface area (Å²) < 4.78 is 35.4. The van der Waals surface area contributed by atoms with E-state index < -0.39 is 12.1 Å². The molecule has 1 aliphatic rings. The molecule has 166 valence electrons. The van der Waals surface area contributed by atoms with Crippen molar-refractivity contribution in [2.24, 2.45) is 14.1 Å². The number of hydrogen-bond acceptors (Lipinski definition) is 4. The van der Waals surface area contributed by atoms with E-state index in [4.69, 9.17) is 9.90 Å². The highest BCUT2D eigenvalue weighted by Crippen LogP contribution is 2.26. The third-order valence-corrected chi connectivity index (χ3v) is 5.04. The predicted octanol–water partition coefficient (Wildman–Crippen LogP) is 1.78. The van der Waals surface area contributed by atoms with Crippen molar-refractivity contribution >= 4 is 11.9 Å². The van der Waals surface area contributed by atoms with Crippen LogP contribution in [0.5, 0.6) is 0 Å². The van der Waals surface area contributed by atoms with Crippen molar-refractivity contribution in [1.82, 2.24) is 24.1 Å². The summed E-state index contributed by atoms with van der Waals surface area (Å²) in [6, 6.07) is 4.37. The normalized spacial score (nSPS) is 19.0. The number of carbonyl (C=O) groups excluding carboxylic acids is 1. The molecule has 1 amide bonds. The molecule has 0 saturated carbocycles. The van der Waals surface area contributed by atoms with E-state index in [1.807, 2.05) is 59.0 Å². The Morgan fingerprint density at radius 1 is 1.30 bits per heavy atom. The highest BCUT2D eigenvalue weighted by atomic mass is 19.4. The first-order valence-electron chi connectivity index (χ1n) is 9.28. The number of carboxylic acids is 1. The Bertz CT molecular complexity index is 875. The van der Waals surface area contributed by atoms with Crippen molar-refractivity contribution in [3.8, 4) is 0 Å². The molecule has 1 N–H and O–H groups in total. The number of carboxylic acid groups (broad SMARTS) is 1. The Morgan fingerprint density at radius 3 is 2.37 bits per heavy atom. The molecule has 3 heterocycles. The molecule has 1 fully saturated rings. The number of rotatable bonds is 4. The molecule has 30 heavy (non-hydrogen) atoms. The fraction of sp³-hybridized carbons (Fsp3) is 0.526. The first-order chi connectivity index (χ1) is 13.9. The second kappa shape index (κ2) is 9.33. The van der Waals surface area contributed by atoms with Gasteiger partial charge in [-0.1, -0.05) is 0 Å². The molecule has 0 unspecified atom stereocenters. The van der Waals surface area contributed by atoms with Crippen LogP contribution in [-0.2, 0) is 25.3 Å². The molecule has 2 aromatic rings. The van der Waals surface area contributed by atoms with E-state index in [1.54, 1.807) is 0 Å². The van der Waals surface area contributed by atoms with Crippen molar-refractivity contribution in [1.29, 1.82) is 0 Å². The smallest absolute Gasteiger partial charge is 0.475 e. The lowest BCUT2D eigenvalue weighted by Gasteiger charge is -2.31. The Hall–Kier alpha value is -2.82. The van der Waals surface area contributed by atoms with E-state index in [2.05, 4.69) is 24.1 Å². The van der Waals surface area contributed by atoms with Crippen LogP contribution in [-0.4, -0.2) is 80.0 Å². The van der Waals surface area contributed by atoms with Gasteiger partial charge in [0.2, 0.25) is 0 Å². The van der Waals surface area contributed by atoms with E-state index >= 15 is 0 Å². The monoisotopic (exact) mass is 429 g/mol. The second-order valence-electron chi connectivity index (χ2n) is 7.42. The number of aromatic nitrogens is 3. The predicted molar refractivity (Wildman–Crippen MR) is 103 cm³/mol. The highest BCUT2D eigenvalue weighted by molar-refractivity contribution is 5.93. The molecule has 1 saturated heterocycles. The number of likely N-dealkylation sites (tertiary alicyclic amines) is 1. The van der Waals surface area contributed by atoms with Crippen molar-refractivity contribution < 1.29 is 27.9 Å². The van der Waals surface area contributed by atoms with E-state index in [0.717, 1.165) is 25.1 Å². The number of nitrogens with zero attached hydrogens (tertiary/aromatic N) is 5. The molecular formula is C19H26F3N5O3. The van der Waals surface area contributed by atoms with Gasteiger partial charge in [-0.25, -0.2) is 4.79 Å². The minimum atomic E-state index is -5.08. The van der Waals surface area contributed by atoms with Crippen LogP contribution in [0.1, 0.15) is 22.5 Å². The van der Waals surface area contributed by atoms with E-state index in [0.29, 0.717) is 6.04 Å². The third-order valence-electron chi connectivity index (χ3n) is 5.04. The number of likely N-dealkylation sites (N-methyl/N-ethyl adjacent to an activating group) is 1. The maximum absolute atomic E-state index is 13.0. The standard InChI is InChI=1S/C17H25N5O.C2HF3O2/c1-19(2)14-7-9-22(17(23)15-6-5-8-20(15)3)16(14)10-13-11-18-21(4)12-13;3-2(4,5)1(6)7/h5-6,8,11-12,14,16H,7,9-10H2,1-4H3;(H,6,7)/t14-,16+;/m1./s1. The minimum Gasteiger partial charge on any atom is -0.475 e. The van der Waals surface area contributed by atoms with Crippen LogP contribution in [0.25, 0.3) is 0 Å². The largest absolute Gasteiger partial charge is 0.490 e. The van der Waals surface area contributed by atoms with Crippen LogP contribution in [0, 0.1) is 0 Å². The molecule has 0 aliphatic carbocycles. The highest BCUT2D eigenvalue weighted by Gasteiger charge is 2.39. The van der Waals surface area contributed by atoms with Gasteiger partial charge in [-0.05, 0) is 44.6 Å². The maximum atomic E-state index is 13.0. The summed E-state index contributed by atoms with van der Waals surface area (Å²) in [7, 11) is 8.03. The average molecular weight is 429 g/mol. The van der Waals surface area contributed by atoms with Gasteiger partial charge in [-0.3, -0.25) is 9.48 Å². The van der Waals surface area contributed by atoms with Gasteiger partial charge < -0.3 is 19.5 Å². The number of alkyl halides is 3. The molecule has 1 aliphatic heterocycles. The Labute approximate surface area is 172 Å². The van der Waals surface area contributed by atoms with Crippen LogP contribution in [0.2, 0.25) is 0 Å². The first kappa shape index (κ1) is 23.5. The van der Waals surface area contributed by atoms with Crippen molar-refractivity contribution in [3.63, 3.8) is 0 Å². The average Bonchev–Trinajstić information content (AvgIpc) is 3.35. The molecule has 11 heteroatoms. The lowest BCUT2D eigenvalue weighted by atomic mass is 10.0. The molecule has 3 rings (SSSR count). The number of halogens is 3. The van der Waals surface area contributed by atoms with E-state index in [1.165, 1.54) is 5.56 Å². The van der Waals surface area contributed by atoms with Gasteiger partial charge in [0.1, 0.15) is 5.69 Å². The molecule has 8 nitrogen and oxygen atoms in total. The molecule has 0 spiro atoms. The zero-order chi connectivity index (χ0) is 22.6. The Morgan fingerprint density at radius 2 is 1.93 bits per heavy atom. The lowest BCUT2D eigenvalue weighted by Crippen LogP contribution is -2.46. The Balaban J connectivity index is 0.000000396. The van der Waals surface area contributed by atoms with E-state index in [9.17, 15) is 18.0 Å². The SMILES string of the molecule is CN(C)[C@@H]1CCN(C(=O)c2cccn2C)[C@H]1Cc1cnn(C)c1.O=C(O)C(F)(F)F. The number of aliphatic carboxylic acids is 1. The zero-order valence-electron chi connectivity index (χ0n) is 17.3. The van der Waals surface area contributed by atoms with Crippen molar-refractivity contribution in [2.75, 3.05) is 20.6 Å². The van der Waals surface area contributed by atoms with Crippen LogP contribution in [0.3, 0.4) is 0 Å². The van der Waals surface area contributed by atoms with Gasteiger partial charge in [0.05, 0.1) is 12.2 Å². The van der Waals surface area contributed by atoms with Gasteiger partial charge in [-0.15, -0.1) is 0 Å². The van der Waals surface area contributed by atoms with Crippen molar-refractivity contribution in [2.45, 2.75) is 31.1 Å². The first-order valence-corrected chi connectivity index (χ1v) is 9.28. The zero-order valence-corrected chi connectivity index (χ0v) is 17.3. The second-order valence-corrected chi connectivity index (χ2v) is 7.42. The summed E-state index contributed by atoms with van der Waals surface area (Å²) in [6.45, 7) is 0.803. The Kier molecular flexibility index (Phi) is 7.30. The summed E-state index contributed by atoms with van der Waals surface area (Å²) in [6.07, 6.45) is 2.62. The molecule has 0 aromatic carbocycles. The summed E-state index contributed by atoms with van der Waals surface area (Å²) >= 11 is 0. The van der Waals surface area contributed by atoms with Crippen LogP contribution >= 0.6 is 0 Å². The van der Waals surface area contributed by atoms with Gasteiger partial charge in [0.25, 0.3) is 5.91 Å². The summed E-state index contributed by atoms with van der Waals surface area (Å²) in [5, 5.41) is 11.4. The molecular weight excluding hydrogens is 403 g/mol. The van der Waals surface area contributed by atoms with Gasteiger partial charge in [-0.2, -0.15) is 18.3 Å². The molecule has 0 radical (unpaired) electrons. The molecule has 0 bridgehead atoms. The topological polar surface area (TPSA) is 83.6 Å². The quantitative estimate of drug-likeness (QED) is 0.801. The van der Waals surface area contributed by atoms with Crippen LogP contribution in [0.15, 0.2) is 30.7 Å². The molecule has 2 atom stereocenters. The van der Waals surface area contributed by atoms with Gasteiger partial charge in [0.15, 0.2) is 0 Å². The van der Waals surface area contributed by atoms with Crippen molar-refractivity contribution in [3.05, 3.63) is 42.0 Å². The fourth-order valence-corrected chi connectivity index (χ4v) is 3.59. The van der Waals surface area contributed by atoms with Gasteiger partial charge in [0, 0.05) is 39.1 Å². The van der Waals surface area contributed by atoms with Crippen LogP contribution < -0.4 is 0 Å². The van der Waals surface area contributed by atoms with Gasteiger partial charge >= 0.3 is 12.1 Å². The minimum absolute atomic E-state index is 0.121. The number of carbonyl (C=O) groups is 2. The summed E-state index contributed by atoms with van der Waals surface area (Å²) in [4.78, 5) is 26.1. The maximum Gasteiger partial charge on any atom is 0.490 e. The fourth-order valence-electron chi connectivity index (χ4n) is 3.59. The molecule has 2 aromatic heterocycles. The number of aryl methyl sites for hydroxylation is 2. The summed E-state index contributed by atoms with van der Waals surface area (Å²) in [5.74, 6) is -2.64. The number of hydrogen-bond donors (Lipinski definition) is 1. The van der Waals surface area contributed by atoms with E-state index in [-0.39, 0.29) is 11.9 Å². The summed E-state index contributed by atoms with van der Waals surface area (Å²) in [5.41, 5.74) is 1.93. The van der Waals surface area contributed by atoms with Crippen LogP contribution in [0.4, 0.5) is 13.2 Å². The third kappa shape index (κ3) is 5.62.